The highest BCUT2D eigenvalue weighted by Crippen LogP contribution is 2.21. The van der Waals surface area contributed by atoms with Gasteiger partial charge in [-0.1, -0.05) is 36.3 Å². The summed E-state index contributed by atoms with van der Waals surface area (Å²) < 4.78 is 4.95. The number of benzene rings is 1. The molecule has 2 heterocycles. The van der Waals surface area contributed by atoms with E-state index >= 15 is 0 Å². The zero-order valence-electron chi connectivity index (χ0n) is 12.4. The number of terminal acetylenes is 1. The van der Waals surface area contributed by atoms with Crippen LogP contribution < -0.4 is 5.32 Å². The summed E-state index contributed by atoms with van der Waals surface area (Å²) >= 11 is 0. The summed E-state index contributed by atoms with van der Waals surface area (Å²) in [7, 11) is 0. The number of H-pyrrole nitrogens is 1. The van der Waals surface area contributed by atoms with Crippen LogP contribution in [-0.4, -0.2) is 27.1 Å². The molecule has 114 valence electrons. The van der Waals surface area contributed by atoms with Crippen molar-refractivity contribution in [3.8, 4) is 23.7 Å². The first kappa shape index (κ1) is 14.6. The largest absolute Gasteiger partial charge is 0.433 e. The number of anilines is 1. The number of aromatic nitrogens is 3. The molecule has 3 aromatic rings. The number of hydrogen-bond donors (Lipinski definition) is 2. The van der Waals surface area contributed by atoms with Crippen LogP contribution in [0.1, 0.15) is 6.92 Å². The molecule has 0 aliphatic rings. The number of ether oxygens (including phenoxy) is 1. The lowest BCUT2D eigenvalue weighted by atomic mass is 10.2. The van der Waals surface area contributed by atoms with E-state index in [1.807, 2.05) is 30.3 Å². The third-order valence-electron chi connectivity index (χ3n) is 3.15. The van der Waals surface area contributed by atoms with Gasteiger partial charge in [-0.05, 0) is 13.0 Å². The molecule has 3 rings (SSSR count). The van der Waals surface area contributed by atoms with Crippen LogP contribution >= 0.6 is 0 Å². The standard InChI is InChI=1S/C17H14N4O2/c1-3-11(2)23-17(22)19-13-9-14-16(18-10-13)21-15(20-14)12-7-5-4-6-8-12/h1,4-11H,2H3,(H,19,22)(H,18,20,21). The maximum Gasteiger partial charge on any atom is 0.412 e. The highest BCUT2D eigenvalue weighted by molar-refractivity contribution is 5.88. The van der Waals surface area contributed by atoms with Crippen LogP contribution in [-0.2, 0) is 4.74 Å². The molecule has 1 amide bonds. The van der Waals surface area contributed by atoms with E-state index in [4.69, 9.17) is 11.2 Å². The molecule has 6 heteroatoms. The first-order valence-electron chi connectivity index (χ1n) is 7.00. The minimum absolute atomic E-state index is 0.495. The first-order valence-corrected chi connectivity index (χ1v) is 7.00. The second-order valence-corrected chi connectivity index (χ2v) is 4.89. The fraction of sp³-hybridized carbons (Fsp3) is 0.118. The zero-order chi connectivity index (χ0) is 16.2. The molecule has 0 radical (unpaired) electrons. The van der Waals surface area contributed by atoms with Crippen molar-refractivity contribution in [2.75, 3.05) is 5.32 Å². The monoisotopic (exact) mass is 306 g/mol. The van der Waals surface area contributed by atoms with Crippen LogP contribution in [0.15, 0.2) is 42.6 Å². The van der Waals surface area contributed by atoms with Crippen molar-refractivity contribution in [3.05, 3.63) is 42.6 Å². The molecule has 0 spiro atoms. The minimum atomic E-state index is -0.626. The molecule has 0 bridgehead atoms. The highest BCUT2D eigenvalue weighted by atomic mass is 16.6. The lowest BCUT2D eigenvalue weighted by molar-refractivity contribution is 0.145. The molecule has 1 aromatic carbocycles. The number of nitrogens with zero attached hydrogens (tertiary/aromatic N) is 2. The van der Waals surface area contributed by atoms with Crippen molar-refractivity contribution in [2.45, 2.75) is 13.0 Å². The molecule has 0 saturated carbocycles. The van der Waals surface area contributed by atoms with Crippen LogP contribution in [0.3, 0.4) is 0 Å². The molecule has 0 aliphatic heterocycles. The van der Waals surface area contributed by atoms with Gasteiger partial charge in [0.15, 0.2) is 11.8 Å². The van der Waals surface area contributed by atoms with Gasteiger partial charge >= 0.3 is 6.09 Å². The third-order valence-corrected chi connectivity index (χ3v) is 3.15. The summed E-state index contributed by atoms with van der Waals surface area (Å²) in [5, 5.41) is 2.58. The van der Waals surface area contributed by atoms with Crippen LogP contribution in [0.25, 0.3) is 22.6 Å². The van der Waals surface area contributed by atoms with Gasteiger partial charge in [0.25, 0.3) is 0 Å². The van der Waals surface area contributed by atoms with E-state index in [0.29, 0.717) is 22.7 Å². The number of pyridine rings is 1. The number of nitrogens with one attached hydrogen (secondary N) is 2. The summed E-state index contributed by atoms with van der Waals surface area (Å²) in [6.07, 6.45) is 5.46. The Morgan fingerprint density at radius 2 is 2.17 bits per heavy atom. The average molecular weight is 306 g/mol. The van der Waals surface area contributed by atoms with Crippen LogP contribution in [0, 0.1) is 12.3 Å². The van der Waals surface area contributed by atoms with E-state index in [9.17, 15) is 4.79 Å². The predicted octanol–water partition coefficient (Wildman–Crippen LogP) is 3.20. The summed E-state index contributed by atoms with van der Waals surface area (Å²) in [5.74, 6) is 3.03. The van der Waals surface area contributed by atoms with Gasteiger partial charge in [0.2, 0.25) is 0 Å². The molecule has 6 nitrogen and oxygen atoms in total. The normalized spacial score (nSPS) is 11.7. The number of fused-ring (bicyclic) bond motifs is 1. The Labute approximate surface area is 132 Å². The fourth-order valence-corrected chi connectivity index (χ4v) is 2.04. The van der Waals surface area contributed by atoms with E-state index < -0.39 is 12.2 Å². The van der Waals surface area contributed by atoms with Gasteiger partial charge in [0.05, 0.1) is 17.4 Å². The summed E-state index contributed by atoms with van der Waals surface area (Å²) in [6.45, 7) is 1.61. The van der Waals surface area contributed by atoms with Gasteiger partial charge in [0, 0.05) is 5.56 Å². The molecule has 1 unspecified atom stereocenters. The topological polar surface area (TPSA) is 79.9 Å². The lowest BCUT2D eigenvalue weighted by Crippen LogP contribution is -2.19. The molecule has 0 aliphatic carbocycles. The molecule has 2 N–H and O–H groups in total. The fourth-order valence-electron chi connectivity index (χ4n) is 2.04. The number of imidazole rings is 1. The van der Waals surface area contributed by atoms with Crippen LogP contribution in [0.4, 0.5) is 10.5 Å². The maximum absolute atomic E-state index is 11.7. The summed E-state index contributed by atoms with van der Waals surface area (Å²) in [4.78, 5) is 23.5. The molecule has 0 fully saturated rings. The van der Waals surface area contributed by atoms with Crippen LogP contribution in [0.5, 0.6) is 0 Å². The average Bonchev–Trinajstić information content (AvgIpc) is 2.98. The Balaban J connectivity index is 1.82. The molecular weight excluding hydrogens is 292 g/mol. The lowest BCUT2D eigenvalue weighted by Gasteiger charge is -2.08. The van der Waals surface area contributed by atoms with Gasteiger partial charge in [-0.3, -0.25) is 5.32 Å². The maximum atomic E-state index is 11.7. The van der Waals surface area contributed by atoms with Crippen molar-refractivity contribution >= 4 is 22.9 Å². The highest BCUT2D eigenvalue weighted by Gasteiger charge is 2.10. The Morgan fingerprint density at radius 1 is 1.39 bits per heavy atom. The Hall–Kier alpha value is -3.33. The molecule has 2 aromatic heterocycles. The minimum Gasteiger partial charge on any atom is -0.433 e. The first-order chi connectivity index (χ1) is 11.2. The molecule has 1 atom stereocenters. The van der Waals surface area contributed by atoms with Crippen LogP contribution in [0.2, 0.25) is 0 Å². The number of amides is 1. The Morgan fingerprint density at radius 3 is 2.91 bits per heavy atom. The summed E-state index contributed by atoms with van der Waals surface area (Å²) in [5.41, 5.74) is 2.74. The SMILES string of the molecule is C#CC(C)OC(=O)Nc1cnc2nc(-c3ccccc3)[nH]c2c1. The van der Waals surface area contributed by atoms with Gasteiger partial charge in [-0.25, -0.2) is 14.8 Å². The second-order valence-electron chi connectivity index (χ2n) is 4.89. The van der Waals surface area contributed by atoms with E-state index in [1.54, 1.807) is 13.0 Å². The Bertz CT molecular complexity index is 880. The molecule has 0 saturated heterocycles. The predicted molar refractivity (Wildman–Crippen MR) is 87.7 cm³/mol. The van der Waals surface area contributed by atoms with Crippen molar-refractivity contribution in [3.63, 3.8) is 0 Å². The Kier molecular flexibility index (Phi) is 3.93. The van der Waals surface area contributed by atoms with Gasteiger partial charge in [-0.2, -0.15) is 0 Å². The smallest absolute Gasteiger partial charge is 0.412 e. The number of carbonyl (C=O) groups is 1. The van der Waals surface area contributed by atoms with Gasteiger partial charge in [-0.15, -0.1) is 6.42 Å². The van der Waals surface area contributed by atoms with Crippen molar-refractivity contribution < 1.29 is 9.53 Å². The van der Waals surface area contributed by atoms with E-state index in [0.717, 1.165) is 5.56 Å². The quantitative estimate of drug-likeness (QED) is 0.728. The second kappa shape index (κ2) is 6.20. The number of rotatable bonds is 3. The van der Waals surface area contributed by atoms with E-state index in [1.165, 1.54) is 6.20 Å². The zero-order valence-corrected chi connectivity index (χ0v) is 12.4. The molecule has 23 heavy (non-hydrogen) atoms. The van der Waals surface area contributed by atoms with Crippen molar-refractivity contribution in [2.24, 2.45) is 0 Å². The van der Waals surface area contributed by atoms with Gasteiger partial charge in [0.1, 0.15) is 5.82 Å². The number of carbonyl (C=O) groups excluding carboxylic acids is 1. The number of hydrogen-bond acceptors (Lipinski definition) is 4. The van der Waals surface area contributed by atoms with E-state index in [2.05, 4.69) is 26.2 Å². The number of aromatic amines is 1. The third kappa shape index (κ3) is 3.30. The van der Waals surface area contributed by atoms with Crippen molar-refractivity contribution in [1.29, 1.82) is 0 Å². The van der Waals surface area contributed by atoms with E-state index in [-0.39, 0.29) is 0 Å². The molecular formula is C17H14N4O2. The summed E-state index contributed by atoms with van der Waals surface area (Å²) in [6, 6.07) is 11.5. The van der Waals surface area contributed by atoms with Crippen molar-refractivity contribution in [1.82, 2.24) is 15.0 Å². The van der Waals surface area contributed by atoms with Gasteiger partial charge < -0.3 is 9.72 Å².